The minimum atomic E-state index is -0.821. The van der Waals surface area contributed by atoms with Crippen molar-refractivity contribution in [2.24, 2.45) is 5.73 Å². The van der Waals surface area contributed by atoms with Gasteiger partial charge in [-0.1, -0.05) is 25.5 Å². The summed E-state index contributed by atoms with van der Waals surface area (Å²) in [5.74, 6) is -0.129. The first kappa shape index (κ1) is 18.1. The van der Waals surface area contributed by atoms with E-state index in [2.05, 4.69) is 15.4 Å². The smallest absolute Gasteiger partial charge is 0.240 e. The maximum absolute atomic E-state index is 12.1. The topological polar surface area (TPSA) is 85.8 Å². The van der Waals surface area contributed by atoms with Crippen LogP contribution in [0.2, 0.25) is 0 Å². The van der Waals surface area contributed by atoms with E-state index in [1.807, 2.05) is 31.2 Å². The van der Waals surface area contributed by atoms with Gasteiger partial charge in [0.2, 0.25) is 5.91 Å². The molecule has 120 valence electrons. The molecular weight excluding hydrogens is 302 g/mol. The molecule has 6 nitrogen and oxygen atoms in total. The molecule has 1 aromatic carbocycles. The van der Waals surface area contributed by atoms with Gasteiger partial charge in [-0.2, -0.15) is 5.10 Å². The average Bonchev–Trinajstić information content (AvgIpc) is 2.99. The Hall–Kier alpha value is -1.92. The highest BCUT2D eigenvalue weighted by atomic mass is 35.5. The average molecular weight is 324 g/mol. The predicted octanol–water partition coefficient (Wildman–Crippen LogP) is 1.82. The second kappa shape index (κ2) is 7.91. The van der Waals surface area contributed by atoms with E-state index in [0.717, 1.165) is 17.7 Å². The van der Waals surface area contributed by atoms with Gasteiger partial charge in [0.05, 0.1) is 11.2 Å². The summed E-state index contributed by atoms with van der Waals surface area (Å²) < 4.78 is 1.68. The van der Waals surface area contributed by atoms with E-state index >= 15 is 0 Å². The number of carbonyl (C=O) groups excluding carboxylic acids is 1. The van der Waals surface area contributed by atoms with Crippen LogP contribution in [0.15, 0.2) is 36.9 Å². The first-order valence-corrected chi connectivity index (χ1v) is 7.04. The Morgan fingerprint density at radius 3 is 2.86 bits per heavy atom. The zero-order valence-corrected chi connectivity index (χ0v) is 13.6. The molecule has 7 heteroatoms. The maximum atomic E-state index is 12.1. The molecule has 1 atom stereocenters. The fourth-order valence-corrected chi connectivity index (χ4v) is 2.17. The normalized spacial score (nSPS) is 13.0. The predicted molar refractivity (Wildman–Crippen MR) is 88.0 cm³/mol. The van der Waals surface area contributed by atoms with Gasteiger partial charge in [0.25, 0.3) is 0 Å². The number of nitrogens with one attached hydrogen (secondary N) is 1. The Morgan fingerprint density at radius 2 is 2.23 bits per heavy atom. The zero-order chi connectivity index (χ0) is 15.3. The van der Waals surface area contributed by atoms with Crippen LogP contribution >= 0.6 is 12.4 Å². The van der Waals surface area contributed by atoms with Crippen LogP contribution < -0.4 is 11.1 Å². The number of nitrogens with zero attached hydrogens (tertiary/aromatic N) is 3. The molecule has 2 aromatic rings. The molecule has 0 radical (unpaired) electrons. The van der Waals surface area contributed by atoms with Crippen molar-refractivity contribution < 1.29 is 4.79 Å². The Bertz CT molecular complexity index is 598. The number of rotatable bonds is 6. The van der Waals surface area contributed by atoms with Gasteiger partial charge in [0.15, 0.2) is 0 Å². The van der Waals surface area contributed by atoms with E-state index in [1.54, 1.807) is 17.9 Å². The van der Waals surface area contributed by atoms with Gasteiger partial charge in [-0.15, -0.1) is 12.4 Å². The van der Waals surface area contributed by atoms with Gasteiger partial charge in [0, 0.05) is 6.54 Å². The molecule has 1 amide bonds. The summed E-state index contributed by atoms with van der Waals surface area (Å²) in [6, 6.07) is 7.77. The van der Waals surface area contributed by atoms with Crippen molar-refractivity contribution in [3.63, 3.8) is 0 Å². The van der Waals surface area contributed by atoms with Crippen molar-refractivity contribution >= 4 is 18.3 Å². The van der Waals surface area contributed by atoms with Crippen molar-refractivity contribution in [2.75, 3.05) is 0 Å². The molecule has 0 aliphatic heterocycles. The Balaban J connectivity index is 0.00000242. The molecule has 0 saturated heterocycles. The summed E-state index contributed by atoms with van der Waals surface area (Å²) in [6.45, 7) is 4.22. The standard InChI is InChI=1S/C15H21N5O.ClH/c1-3-7-15(2,16)14(21)18-9-12-5-4-6-13(8-12)20-11-17-10-19-20;/h4-6,8,10-11H,3,7,9,16H2,1-2H3,(H,18,21);1H. The quantitative estimate of drug-likeness (QED) is 0.849. The number of aromatic nitrogens is 3. The van der Waals surface area contributed by atoms with E-state index in [9.17, 15) is 4.79 Å². The number of carbonyl (C=O) groups is 1. The highest BCUT2D eigenvalue weighted by molar-refractivity contribution is 5.85. The molecule has 1 unspecified atom stereocenters. The number of hydrogen-bond acceptors (Lipinski definition) is 4. The van der Waals surface area contributed by atoms with Crippen LogP contribution in [0.25, 0.3) is 5.69 Å². The summed E-state index contributed by atoms with van der Waals surface area (Å²) in [7, 11) is 0. The fourth-order valence-electron chi connectivity index (χ4n) is 2.17. The van der Waals surface area contributed by atoms with Crippen LogP contribution in [0.4, 0.5) is 0 Å². The highest BCUT2D eigenvalue weighted by Crippen LogP contribution is 2.11. The third kappa shape index (κ3) is 4.54. The van der Waals surface area contributed by atoms with Gasteiger partial charge in [-0.25, -0.2) is 9.67 Å². The number of nitrogens with two attached hydrogens (primary N) is 1. The Morgan fingerprint density at radius 1 is 1.45 bits per heavy atom. The summed E-state index contributed by atoms with van der Waals surface area (Å²) in [5, 5.41) is 6.97. The van der Waals surface area contributed by atoms with Crippen LogP contribution in [-0.4, -0.2) is 26.2 Å². The van der Waals surface area contributed by atoms with Gasteiger partial charge >= 0.3 is 0 Å². The molecule has 22 heavy (non-hydrogen) atoms. The second-order valence-corrected chi connectivity index (χ2v) is 5.36. The van der Waals surface area contributed by atoms with E-state index in [0.29, 0.717) is 13.0 Å². The van der Waals surface area contributed by atoms with Crippen molar-refractivity contribution in [2.45, 2.75) is 38.8 Å². The first-order chi connectivity index (χ1) is 10.0. The van der Waals surface area contributed by atoms with Crippen molar-refractivity contribution in [1.82, 2.24) is 20.1 Å². The monoisotopic (exact) mass is 323 g/mol. The Labute approximate surface area is 136 Å². The molecular formula is C15H22ClN5O. The largest absolute Gasteiger partial charge is 0.350 e. The van der Waals surface area contributed by atoms with E-state index < -0.39 is 5.54 Å². The molecule has 0 aliphatic rings. The lowest BCUT2D eigenvalue weighted by Crippen LogP contribution is -2.51. The van der Waals surface area contributed by atoms with Crippen LogP contribution in [0.5, 0.6) is 0 Å². The number of hydrogen-bond donors (Lipinski definition) is 2. The Kier molecular flexibility index (Phi) is 6.52. The lowest BCUT2D eigenvalue weighted by molar-refractivity contribution is -0.126. The molecule has 0 aliphatic carbocycles. The van der Waals surface area contributed by atoms with Gasteiger partial charge in [-0.05, 0) is 31.0 Å². The van der Waals surface area contributed by atoms with Crippen molar-refractivity contribution in [3.05, 3.63) is 42.5 Å². The third-order valence-corrected chi connectivity index (χ3v) is 3.33. The summed E-state index contributed by atoms with van der Waals surface area (Å²) in [6.07, 6.45) is 4.66. The summed E-state index contributed by atoms with van der Waals surface area (Å²) >= 11 is 0. The highest BCUT2D eigenvalue weighted by Gasteiger charge is 2.26. The van der Waals surface area contributed by atoms with Crippen molar-refractivity contribution in [3.8, 4) is 5.69 Å². The number of amides is 1. The van der Waals surface area contributed by atoms with Crippen LogP contribution in [0.1, 0.15) is 32.3 Å². The lowest BCUT2D eigenvalue weighted by atomic mass is 9.96. The van der Waals surface area contributed by atoms with E-state index in [4.69, 9.17) is 5.73 Å². The molecule has 1 aromatic heterocycles. The van der Waals surface area contributed by atoms with Crippen molar-refractivity contribution in [1.29, 1.82) is 0 Å². The SMILES string of the molecule is CCCC(C)(N)C(=O)NCc1cccc(-n2cncn2)c1.Cl. The van der Waals surface area contributed by atoms with Gasteiger partial charge in [-0.3, -0.25) is 4.79 Å². The lowest BCUT2D eigenvalue weighted by Gasteiger charge is -2.22. The number of halogens is 1. The fraction of sp³-hybridized carbons (Fsp3) is 0.400. The maximum Gasteiger partial charge on any atom is 0.240 e. The van der Waals surface area contributed by atoms with Gasteiger partial charge in [0.1, 0.15) is 12.7 Å². The van der Waals surface area contributed by atoms with Gasteiger partial charge < -0.3 is 11.1 Å². The first-order valence-electron chi connectivity index (χ1n) is 7.04. The van der Waals surface area contributed by atoms with E-state index in [1.165, 1.54) is 6.33 Å². The summed E-state index contributed by atoms with van der Waals surface area (Å²) in [4.78, 5) is 16.0. The molecule has 1 heterocycles. The molecule has 0 saturated carbocycles. The zero-order valence-electron chi connectivity index (χ0n) is 12.8. The molecule has 0 fully saturated rings. The third-order valence-electron chi connectivity index (χ3n) is 3.33. The molecule has 0 spiro atoms. The summed E-state index contributed by atoms with van der Waals surface area (Å²) in [5.41, 5.74) is 7.08. The van der Waals surface area contributed by atoms with Crippen LogP contribution in [0.3, 0.4) is 0 Å². The van der Waals surface area contributed by atoms with Crippen LogP contribution in [0, 0.1) is 0 Å². The second-order valence-electron chi connectivity index (χ2n) is 5.36. The van der Waals surface area contributed by atoms with E-state index in [-0.39, 0.29) is 18.3 Å². The minimum Gasteiger partial charge on any atom is -0.350 e. The molecule has 3 N–H and O–H groups in total. The minimum absolute atomic E-state index is 0. The number of benzene rings is 1. The molecule has 0 bridgehead atoms. The molecule has 2 rings (SSSR count). The van der Waals surface area contributed by atoms with Crippen LogP contribution in [-0.2, 0) is 11.3 Å².